The van der Waals surface area contributed by atoms with Gasteiger partial charge < -0.3 is 0 Å². The van der Waals surface area contributed by atoms with Crippen LogP contribution in [0.15, 0.2) is 36.4 Å². The SMILES string of the molecule is CC(C)(C)c1ccc2c(c1)-c1cc(C(C)(C)C)ccc1C2C(C)(C)C. The van der Waals surface area contributed by atoms with Gasteiger partial charge in [0.2, 0.25) is 0 Å². The summed E-state index contributed by atoms with van der Waals surface area (Å²) in [6, 6.07) is 14.4. The van der Waals surface area contributed by atoms with Crippen molar-refractivity contribution < 1.29 is 0 Å². The van der Waals surface area contributed by atoms with E-state index >= 15 is 0 Å². The number of hydrogen-bond donors (Lipinski definition) is 0. The van der Waals surface area contributed by atoms with Gasteiger partial charge in [-0.05, 0) is 49.6 Å². The summed E-state index contributed by atoms with van der Waals surface area (Å²) < 4.78 is 0. The number of fused-ring (bicyclic) bond motifs is 3. The molecule has 134 valence electrons. The third-order valence-electron chi connectivity index (χ3n) is 5.62. The highest BCUT2D eigenvalue weighted by molar-refractivity contribution is 5.80. The molecule has 1 aliphatic rings. The van der Waals surface area contributed by atoms with Crippen LogP contribution in [0.1, 0.15) is 90.5 Å². The molecular weight excluding hydrogens is 300 g/mol. The van der Waals surface area contributed by atoms with E-state index in [0.717, 1.165) is 0 Å². The Bertz CT molecular complexity index is 738. The molecule has 0 heterocycles. The van der Waals surface area contributed by atoms with Crippen LogP contribution < -0.4 is 0 Å². The highest BCUT2D eigenvalue weighted by Crippen LogP contribution is 2.53. The Balaban J connectivity index is 2.29. The number of benzene rings is 2. The van der Waals surface area contributed by atoms with Crippen LogP contribution >= 0.6 is 0 Å². The first-order valence-corrected chi connectivity index (χ1v) is 9.59. The third kappa shape index (κ3) is 3.16. The van der Waals surface area contributed by atoms with Crippen molar-refractivity contribution in [3.8, 4) is 11.1 Å². The van der Waals surface area contributed by atoms with Gasteiger partial charge in [0.1, 0.15) is 0 Å². The minimum absolute atomic E-state index is 0.177. The molecule has 1 aliphatic carbocycles. The smallest absolute Gasteiger partial charge is 0.0150 e. The Morgan fingerprint density at radius 2 is 0.920 bits per heavy atom. The fourth-order valence-electron chi connectivity index (χ4n) is 4.12. The lowest BCUT2D eigenvalue weighted by Gasteiger charge is -2.30. The third-order valence-corrected chi connectivity index (χ3v) is 5.62. The molecule has 0 bridgehead atoms. The topological polar surface area (TPSA) is 0 Å². The predicted octanol–water partition coefficient (Wildman–Crippen LogP) is 7.44. The highest BCUT2D eigenvalue weighted by Gasteiger charge is 2.37. The van der Waals surface area contributed by atoms with Crippen molar-refractivity contribution in [2.24, 2.45) is 5.41 Å². The van der Waals surface area contributed by atoms with Crippen molar-refractivity contribution >= 4 is 0 Å². The molecule has 0 heteroatoms. The normalized spacial score (nSPS) is 15.2. The molecule has 3 rings (SSSR count). The minimum Gasteiger partial charge on any atom is -0.0593 e. The number of rotatable bonds is 0. The van der Waals surface area contributed by atoms with Crippen LogP contribution in [0.4, 0.5) is 0 Å². The summed E-state index contributed by atoms with van der Waals surface area (Å²) in [6.07, 6.45) is 0. The molecule has 0 amide bonds. The molecule has 0 aromatic heterocycles. The summed E-state index contributed by atoms with van der Waals surface area (Å²) in [5, 5.41) is 0. The van der Waals surface area contributed by atoms with E-state index in [1.54, 1.807) is 0 Å². The van der Waals surface area contributed by atoms with Gasteiger partial charge in [-0.3, -0.25) is 0 Å². The Kier molecular flexibility index (Phi) is 3.99. The molecule has 0 atom stereocenters. The summed E-state index contributed by atoms with van der Waals surface area (Å²) in [7, 11) is 0. The summed E-state index contributed by atoms with van der Waals surface area (Å²) in [6.45, 7) is 20.9. The van der Waals surface area contributed by atoms with Gasteiger partial charge >= 0.3 is 0 Å². The molecule has 0 saturated heterocycles. The average Bonchev–Trinajstić information content (AvgIpc) is 2.77. The van der Waals surface area contributed by atoms with Crippen LogP contribution in [-0.2, 0) is 10.8 Å². The second-order valence-corrected chi connectivity index (χ2v) is 10.9. The predicted molar refractivity (Wildman–Crippen MR) is 111 cm³/mol. The molecule has 2 aromatic rings. The van der Waals surface area contributed by atoms with E-state index in [9.17, 15) is 0 Å². The Hall–Kier alpha value is -1.56. The number of hydrogen-bond acceptors (Lipinski definition) is 0. The monoisotopic (exact) mass is 334 g/mol. The zero-order chi connectivity index (χ0) is 18.8. The quantitative estimate of drug-likeness (QED) is 0.469. The summed E-state index contributed by atoms with van der Waals surface area (Å²) >= 11 is 0. The van der Waals surface area contributed by atoms with Crippen LogP contribution in [0, 0.1) is 5.41 Å². The van der Waals surface area contributed by atoms with E-state index in [-0.39, 0.29) is 16.2 Å². The molecule has 0 nitrogen and oxygen atoms in total. The molecule has 2 aromatic carbocycles. The first-order chi connectivity index (χ1) is 11.3. The average molecular weight is 335 g/mol. The van der Waals surface area contributed by atoms with Gasteiger partial charge in [0.15, 0.2) is 0 Å². The van der Waals surface area contributed by atoms with Gasteiger partial charge in [-0.25, -0.2) is 0 Å². The maximum Gasteiger partial charge on any atom is 0.0150 e. The van der Waals surface area contributed by atoms with Gasteiger partial charge in [-0.1, -0.05) is 98.7 Å². The molecule has 0 unspecified atom stereocenters. The molecule has 0 N–H and O–H groups in total. The van der Waals surface area contributed by atoms with Gasteiger partial charge in [-0.15, -0.1) is 0 Å². The van der Waals surface area contributed by atoms with E-state index in [0.29, 0.717) is 5.92 Å². The van der Waals surface area contributed by atoms with Gasteiger partial charge in [0.05, 0.1) is 0 Å². The molecule has 0 radical (unpaired) electrons. The first kappa shape index (κ1) is 18.2. The van der Waals surface area contributed by atoms with Gasteiger partial charge in [-0.2, -0.15) is 0 Å². The second-order valence-electron chi connectivity index (χ2n) is 10.9. The van der Waals surface area contributed by atoms with Crippen molar-refractivity contribution in [1.82, 2.24) is 0 Å². The fourth-order valence-corrected chi connectivity index (χ4v) is 4.12. The van der Waals surface area contributed by atoms with E-state index in [1.807, 2.05) is 0 Å². The lowest BCUT2D eigenvalue weighted by Crippen LogP contribution is -2.18. The van der Waals surface area contributed by atoms with Crippen LogP contribution in [0.2, 0.25) is 0 Å². The van der Waals surface area contributed by atoms with Crippen LogP contribution in [0.3, 0.4) is 0 Å². The van der Waals surface area contributed by atoms with E-state index in [2.05, 4.69) is 98.7 Å². The van der Waals surface area contributed by atoms with Crippen LogP contribution in [0.5, 0.6) is 0 Å². The summed E-state index contributed by atoms with van der Waals surface area (Å²) in [4.78, 5) is 0. The maximum atomic E-state index is 2.45. The molecule has 0 fully saturated rings. The Morgan fingerprint density at radius 1 is 0.560 bits per heavy atom. The second kappa shape index (κ2) is 5.47. The van der Waals surface area contributed by atoms with Crippen LogP contribution in [-0.4, -0.2) is 0 Å². The minimum atomic E-state index is 0.177. The van der Waals surface area contributed by atoms with E-state index in [1.165, 1.54) is 33.4 Å². The molecule has 0 spiro atoms. The van der Waals surface area contributed by atoms with Crippen molar-refractivity contribution in [3.05, 3.63) is 58.7 Å². The molecule has 0 saturated carbocycles. The zero-order valence-electron chi connectivity index (χ0n) is 17.5. The van der Waals surface area contributed by atoms with Crippen molar-refractivity contribution in [1.29, 1.82) is 0 Å². The zero-order valence-corrected chi connectivity index (χ0v) is 17.5. The lowest BCUT2D eigenvalue weighted by molar-refractivity contribution is 0.363. The van der Waals surface area contributed by atoms with Crippen molar-refractivity contribution in [2.75, 3.05) is 0 Å². The van der Waals surface area contributed by atoms with Crippen molar-refractivity contribution in [3.63, 3.8) is 0 Å². The highest BCUT2D eigenvalue weighted by atomic mass is 14.4. The summed E-state index contributed by atoms with van der Waals surface area (Å²) in [5.41, 5.74) is 9.32. The molecular formula is C25H34. The lowest BCUT2D eigenvalue weighted by atomic mass is 9.74. The van der Waals surface area contributed by atoms with Crippen LogP contribution in [0.25, 0.3) is 11.1 Å². The van der Waals surface area contributed by atoms with E-state index < -0.39 is 0 Å². The first-order valence-electron chi connectivity index (χ1n) is 9.59. The Morgan fingerprint density at radius 3 is 1.20 bits per heavy atom. The maximum absolute atomic E-state index is 2.45. The van der Waals surface area contributed by atoms with Crippen molar-refractivity contribution in [2.45, 2.75) is 79.1 Å². The van der Waals surface area contributed by atoms with E-state index in [4.69, 9.17) is 0 Å². The molecule has 25 heavy (non-hydrogen) atoms. The standard InChI is InChI=1S/C25H34/c1-23(2,3)16-10-12-18-20(14-16)21-15-17(24(4,5)6)11-13-19(21)22(18)25(7,8)9/h10-15,22H,1-9H3. The Labute approximate surface area is 154 Å². The summed E-state index contributed by atoms with van der Waals surface area (Å²) in [5.74, 6) is 0.473. The van der Waals surface area contributed by atoms with Gasteiger partial charge in [0.25, 0.3) is 0 Å². The molecule has 0 aliphatic heterocycles. The largest absolute Gasteiger partial charge is 0.0593 e. The fraction of sp³-hybridized carbons (Fsp3) is 0.520. The van der Waals surface area contributed by atoms with Gasteiger partial charge in [0, 0.05) is 5.92 Å².